The molecule has 0 aliphatic rings. The van der Waals surface area contributed by atoms with Gasteiger partial charge in [0, 0.05) is 24.4 Å². The molecule has 0 spiro atoms. The van der Waals surface area contributed by atoms with E-state index in [1.54, 1.807) is 0 Å². The van der Waals surface area contributed by atoms with Crippen LogP contribution in [0.4, 0.5) is 0 Å². The molecule has 1 rings (SSSR count). The first-order valence-electron chi connectivity index (χ1n) is 2.44. The van der Waals surface area contributed by atoms with E-state index in [-0.39, 0.29) is 0 Å². The zero-order valence-corrected chi connectivity index (χ0v) is 5.68. The van der Waals surface area contributed by atoms with Gasteiger partial charge in [0.2, 0.25) is 5.03 Å². The van der Waals surface area contributed by atoms with Gasteiger partial charge in [-0.3, -0.25) is 0 Å². The quantitative estimate of drug-likeness (QED) is 0.468. The Labute approximate surface area is 54.2 Å². The smallest absolute Gasteiger partial charge is 0.208 e. The second kappa shape index (κ2) is 2.18. The number of nitrogens with zero attached hydrogens (tertiary/aromatic N) is 1. The third-order valence-electron chi connectivity index (χ3n) is 0.888. The monoisotopic (exact) mass is 126 g/mol. The van der Waals surface area contributed by atoms with Crippen LogP contribution in [0.2, 0.25) is 0 Å². The summed E-state index contributed by atoms with van der Waals surface area (Å²) in [7, 11) is 0. The van der Waals surface area contributed by atoms with Crippen molar-refractivity contribution in [2.24, 2.45) is 0 Å². The lowest BCUT2D eigenvalue weighted by Gasteiger charge is -1.84. The number of rotatable bonds is 0. The lowest BCUT2D eigenvalue weighted by atomic mass is 10.4. The Morgan fingerprint density at radius 1 is 1.50 bits per heavy atom. The second-order valence-electron chi connectivity index (χ2n) is 1.66. The van der Waals surface area contributed by atoms with Crippen molar-refractivity contribution in [3.8, 4) is 0 Å². The summed E-state index contributed by atoms with van der Waals surface area (Å²) in [5.74, 6) is 0. The largest absolute Gasteiger partial charge is 0.242 e. The van der Waals surface area contributed by atoms with E-state index in [1.165, 1.54) is 0 Å². The summed E-state index contributed by atoms with van der Waals surface area (Å²) in [6.07, 6.45) is 0. The van der Waals surface area contributed by atoms with E-state index in [9.17, 15) is 0 Å². The van der Waals surface area contributed by atoms with Crippen LogP contribution >= 0.6 is 0 Å². The van der Waals surface area contributed by atoms with Gasteiger partial charge in [-0.25, -0.2) is 4.98 Å². The van der Waals surface area contributed by atoms with Crippen LogP contribution in [-0.2, 0) is 12.6 Å². The molecule has 1 nitrogen and oxygen atoms in total. The summed E-state index contributed by atoms with van der Waals surface area (Å²) in [5.41, 5.74) is 1.04. The van der Waals surface area contributed by atoms with Gasteiger partial charge in [0.05, 0.1) is 0 Å². The van der Waals surface area contributed by atoms with Crippen molar-refractivity contribution in [1.29, 1.82) is 0 Å². The third-order valence-corrected chi connectivity index (χ3v) is 1.17. The summed E-state index contributed by atoms with van der Waals surface area (Å²) in [6.45, 7) is 1.96. The van der Waals surface area contributed by atoms with Gasteiger partial charge in [0.15, 0.2) is 0 Å². The zero-order chi connectivity index (χ0) is 5.98. The number of aromatic nitrogens is 1. The van der Waals surface area contributed by atoms with Gasteiger partial charge in [0.1, 0.15) is 0 Å². The van der Waals surface area contributed by atoms with Crippen molar-refractivity contribution in [1.82, 2.24) is 4.98 Å². The molecule has 0 fully saturated rings. The minimum Gasteiger partial charge on any atom is -0.208 e. The van der Waals surface area contributed by atoms with E-state index in [1.807, 2.05) is 25.1 Å². The van der Waals surface area contributed by atoms with E-state index < -0.39 is 0 Å². The van der Waals surface area contributed by atoms with E-state index in [2.05, 4.69) is 17.6 Å². The summed E-state index contributed by atoms with van der Waals surface area (Å²) < 4.78 is 0. The summed E-state index contributed by atoms with van der Waals surface area (Å²) in [4.78, 5) is 4.09. The van der Waals surface area contributed by atoms with Gasteiger partial charge >= 0.3 is 0 Å². The van der Waals surface area contributed by atoms with E-state index in [0.717, 1.165) is 10.7 Å². The zero-order valence-electron chi connectivity index (χ0n) is 4.68. The highest BCUT2D eigenvalue weighted by Crippen LogP contribution is 1.94. The van der Waals surface area contributed by atoms with Crippen molar-refractivity contribution in [2.45, 2.75) is 11.9 Å². The first-order valence-corrected chi connectivity index (χ1v) is 2.94. The van der Waals surface area contributed by atoms with Crippen molar-refractivity contribution in [2.75, 3.05) is 0 Å². The molecule has 0 saturated carbocycles. The molecule has 0 amide bonds. The Hall–Kier alpha value is -0.500. The van der Waals surface area contributed by atoms with Gasteiger partial charge in [0.25, 0.3) is 0 Å². The summed E-state index contributed by atoms with van der Waals surface area (Å²) in [6, 6.07) is 5.83. The number of hydrogen-bond donors (Lipinski definition) is 0. The maximum atomic E-state index is 4.09. The van der Waals surface area contributed by atoms with Gasteiger partial charge in [-0.2, -0.15) is 0 Å². The number of aryl methyl sites for hydroxylation is 1. The predicted molar refractivity (Wildman–Crippen MR) is 37.4 cm³/mol. The van der Waals surface area contributed by atoms with Gasteiger partial charge in [-0.15, -0.1) is 0 Å². The van der Waals surface area contributed by atoms with E-state index >= 15 is 0 Å². The van der Waals surface area contributed by atoms with Crippen LogP contribution in [0.25, 0.3) is 0 Å². The lowest BCUT2D eigenvalue weighted by molar-refractivity contribution is 1.07. The second-order valence-corrected chi connectivity index (χ2v) is 2.18. The van der Waals surface area contributed by atoms with Gasteiger partial charge < -0.3 is 0 Å². The molecule has 1 heterocycles. The van der Waals surface area contributed by atoms with Crippen LogP contribution in [0.5, 0.6) is 0 Å². The van der Waals surface area contributed by atoms with Gasteiger partial charge in [-0.05, 0) is 13.0 Å². The maximum Gasteiger partial charge on any atom is 0.242 e. The molecule has 0 aliphatic carbocycles. The first kappa shape index (κ1) is 5.63. The standard InChI is InChI=1S/C6H7NS/c1-5-3-2-4-6(8)7-5/h2-4H,1H3,(H,7,8)/p+1. The van der Waals surface area contributed by atoms with E-state index in [4.69, 9.17) is 0 Å². The highest BCUT2D eigenvalue weighted by molar-refractivity contribution is 7.58. The molecule has 0 unspecified atom stereocenters. The molecule has 8 heavy (non-hydrogen) atoms. The molecule has 0 aromatic carbocycles. The molecule has 0 saturated heterocycles. The molecule has 0 N–H and O–H groups in total. The van der Waals surface area contributed by atoms with Crippen LogP contribution in [0.1, 0.15) is 5.69 Å². The lowest BCUT2D eigenvalue weighted by Crippen LogP contribution is -1.80. The highest BCUT2D eigenvalue weighted by Gasteiger charge is 1.88. The molecule has 0 bridgehead atoms. The Bertz CT molecular complexity index is 168. The van der Waals surface area contributed by atoms with Crippen LogP contribution in [-0.4, -0.2) is 4.98 Å². The molecule has 1 aromatic heterocycles. The number of pyridine rings is 1. The molecule has 0 radical (unpaired) electrons. The summed E-state index contributed by atoms with van der Waals surface area (Å²) in [5, 5.41) is 0.894. The average Bonchev–Trinajstić information content (AvgIpc) is 1.64. The molecule has 0 aliphatic heterocycles. The van der Waals surface area contributed by atoms with Crippen molar-refractivity contribution < 1.29 is 0 Å². The van der Waals surface area contributed by atoms with Gasteiger partial charge in [-0.1, -0.05) is 6.07 Å². The summed E-state index contributed by atoms with van der Waals surface area (Å²) >= 11 is 3.30. The third kappa shape index (κ3) is 1.23. The molecular weight excluding hydrogens is 118 g/mol. The Balaban J connectivity index is 3.08. The van der Waals surface area contributed by atoms with Crippen LogP contribution in [0, 0.1) is 6.92 Å². The molecule has 0 atom stereocenters. The normalized spacial score (nSPS) is 9.25. The van der Waals surface area contributed by atoms with Crippen LogP contribution < -0.4 is 0 Å². The minimum absolute atomic E-state index is 0.894. The molecule has 2 heteroatoms. The SMILES string of the molecule is Cc1cccc([SH2+])n1. The Morgan fingerprint density at radius 3 is 2.62 bits per heavy atom. The van der Waals surface area contributed by atoms with Crippen molar-refractivity contribution in [3.63, 3.8) is 0 Å². The fourth-order valence-electron chi connectivity index (χ4n) is 0.543. The predicted octanol–water partition coefficient (Wildman–Crippen LogP) is 0.760. The van der Waals surface area contributed by atoms with Crippen LogP contribution in [0.15, 0.2) is 23.2 Å². The van der Waals surface area contributed by atoms with Crippen molar-refractivity contribution in [3.05, 3.63) is 23.9 Å². The van der Waals surface area contributed by atoms with Crippen LogP contribution in [0.3, 0.4) is 0 Å². The first-order chi connectivity index (χ1) is 3.79. The fraction of sp³-hybridized carbons (Fsp3) is 0.167. The average molecular weight is 126 g/mol. The molecule has 1 aromatic rings. The fourth-order valence-corrected chi connectivity index (χ4v) is 0.816. The van der Waals surface area contributed by atoms with Crippen molar-refractivity contribution >= 4 is 12.6 Å². The number of hydrogen-bond acceptors (Lipinski definition) is 1. The Kier molecular flexibility index (Phi) is 1.53. The minimum atomic E-state index is 0.894. The van der Waals surface area contributed by atoms with E-state index in [0.29, 0.717) is 0 Å². The maximum absolute atomic E-state index is 4.09. The topological polar surface area (TPSA) is 12.9 Å². The Morgan fingerprint density at radius 2 is 2.25 bits per heavy atom. The highest BCUT2D eigenvalue weighted by atomic mass is 32.1. The molecule has 42 valence electrons. The molecular formula is C6H8NS+.